The van der Waals surface area contributed by atoms with Gasteiger partial charge in [0.15, 0.2) is 0 Å². The highest BCUT2D eigenvalue weighted by atomic mass is 16.6. The second kappa shape index (κ2) is 9.43. The van der Waals surface area contributed by atoms with Crippen LogP contribution in [0, 0.1) is 37.5 Å². The van der Waals surface area contributed by atoms with Crippen molar-refractivity contribution in [2.45, 2.75) is 130 Å². The third-order valence-electron chi connectivity index (χ3n) is 11.5. The van der Waals surface area contributed by atoms with E-state index in [1.54, 1.807) is 0 Å². The molecule has 0 N–H and O–H groups in total. The van der Waals surface area contributed by atoms with Crippen LogP contribution in [0.1, 0.15) is 113 Å². The summed E-state index contributed by atoms with van der Waals surface area (Å²) in [7, 11) is 0. The van der Waals surface area contributed by atoms with Gasteiger partial charge in [-0.1, -0.05) is 64.1 Å². The average molecular weight is 531 g/mol. The van der Waals surface area contributed by atoms with Crippen LogP contribution in [0.2, 0.25) is 0 Å². The molecule has 0 aromatic heterocycles. The fourth-order valence-electron chi connectivity index (χ4n) is 8.19. The zero-order valence-electron chi connectivity index (χ0n) is 25.7. The highest BCUT2D eigenvalue weighted by molar-refractivity contribution is 5.41. The Kier molecular flexibility index (Phi) is 6.65. The van der Waals surface area contributed by atoms with Crippen LogP contribution >= 0.6 is 0 Å². The van der Waals surface area contributed by atoms with E-state index in [-0.39, 0.29) is 22.4 Å². The molecule has 6 rings (SSSR count). The third-order valence-corrected chi connectivity index (χ3v) is 11.5. The standard InChI is InChI=1S/C36H50O3/c1-23(2)27-13-15-33(7)35(19-27,38-33)31-11-9-29(25(5)17-31)21-37-22-30-10-12-32(18-26(30)6)36-20-28(24(3)4)14-16-34(36,8)39-36/h9-12,17-18,23-24,27-28H,13-16,19-22H2,1-8H3. The second-order valence-corrected chi connectivity index (χ2v) is 14.6. The van der Waals surface area contributed by atoms with Gasteiger partial charge in [0.1, 0.15) is 11.2 Å². The number of hydrogen-bond acceptors (Lipinski definition) is 3. The van der Waals surface area contributed by atoms with Crippen LogP contribution < -0.4 is 0 Å². The number of benzene rings is 2. The van der Waals surface area contributed by atoms with Crippen LogP contribution in [-0.4, -0.2) is 11.2 Å². The lowest BCUT2D eigenvalue weighted by Crippen LogP contribution is -2.32. The van der Waals surface area contributed by atoms with E-state index in [2.05, 4.69) is 91.8 Å². The number of aryl methyl sites for hydroxylation is 2. The highest BCUT2D eigenvalue weighted by Crippen LogP contribution is 2.66. The van der Waals surface area contributed by atoms with E-state index < -0.39 is 0 Å². The molecule has 212 valence electrons. The number of hydrogen-bond donors (Lipinski definition) is 0. The molecule has 2 saturated carbocycles. The van der Waals surface area contributed by atoms with Gasteiger partial charge in [-0.2, -0.15) is 0 Å². The van der Waals surface area contributed by atoms with Crippen molar-refractivity contribution in [2.24, 2.45) is 23.7 Å². The Balaban J connectivity index is 1.10. The summed E-state index contributed by atoms with van der Waals surface area (Å²) in [5.74, 6) is 2.91. The Labute approximate surface area is 237 Å². The summed E-state index contributed by atoms with van der Waals surface area (Å²) >= 11 is 0. The molecule has 6 unspecified atom stereocenters. The molecular weight excluding hydrogens is 480 g/mol. The largest absolute Gasteiger partial charge is 0.372 e. The average Bonchev–Trinajstić information content (AvgIpc) is 3.73. The van der Waals surface area contributed by atoms with Crippen molar-refractivity contribution < 1.29 is 14.2 Å². The molecule has 2 aromatic rings. The lowest BCUT2D eigenvalue weighted by atomic mass is 9.68. The summed E-state index contributed by atoms with van der Waals surface area (Å²) in [6.45, 7) is 19.8. The molecular formula is C36H50O3. The van der Waals surface area contributed by atoms with E-state index in [9.17, 15) is 0 Å². The van der Waals surface area contributed by atoms with Crippen molar-refractivity contribution in [1.29, 1.82) is 0 Å². The van der Waals surface area contributed by atoms with Crippen molar-refractivity contribution in [3.05, 3.63) is 69.8 Å². The van der Waals surface area contributed by atoms with Crippen LogP contribution in [0.5, 0.6) is 0 Å². The van der Waals surface area contributed by atoms with Crippen molar-refractivity contribution >= 4 is 0 Å². The summed E-state index contributed by atoms with van der Waals surface area (Å²) in [4.78, 5) is 0. The van der Waals surface area contributed by atoms with E-state index in [0.29, 0.717) is 25.0 Å². The smallest absolute Gasteiger partial charge is 0.123 e. The summed E-state index contributed by atoms with van der Waals surface area (Å²) in [6, 6.07) is 13.9. The first-order chi connectivity index (χ1) is 18.4. The zero-order chi connectivity index (χ0) is 27.8. The van der Waals surface area contributed by atoms with E-state index in [4.69, 9.17) is 14.2 Å². The fourth-order valence-corrected chi connectivity index (χ4v) is 8.19. The van der Waals surface area contributed by atoms with Crippen molar-refractivity contribution in [3.8, 4) is 0 Å². The van der Waals surface area contributed by atoms with Gasteiger partial charge in [0.25, 0.3) is 0 Å². The first kappa shape index (κ1) is 27.5. The van der Waals surface area contributed by atoms with Crippen molar-refractivity contribution in [3.63, 3.8) is 0 Å². The topological polar surface area (TPSA) is 34.3 Å². The van der Waals surface area contributed by atoms with Gasteiger partial charge in [0.05, 0.1) is 24.4 Å². The summed E-state index contributed by atoms with van der Waals surface area (Å²) in [5, 5.41) is 0. The molecule has 3 nitrogen and oxygen atoms in total. The van der Waals surface area contributed by atoms with Gasteiger partial charge >= 0.3 is 0 Å². The first-order valence-corrected chi connectivity index (χ1v) is 15.6. The predicted octanol–water partition coefficient (Wildman–Crippen LogP) is 8.90. The van der Waals surface area contributed by atoms with E-state index in [1.807, 2.05) is 0 Å². The van der Waals surface area contributed by atoms with Gasteiger partial charge in [-0.15, -0.1) is 0 Å². The maximum atomic E-state index is 6.51. The molecule has 2 heterocycles. The van der Waals surface area contributed by atoms with Crippen LogP contribution in [-0.2, 0) is 38.6 Å². The van der Waals surface area contributed by atoms with Crippen LogP contribution in [0.4, 0.5) is 0 Å². The first-order valence-electron chi connectivity index (χ1n) is 15.6. The molecule has 0 bridgehead atoms. The number of rotatable bonds is 8. The summed E-state index contributed by atoms with van der Waals surface area (Å²) < 4.78 is 19.3. The molecule has 6 atom stereocenters. The zero-order valence-corrected chi connectivity index (χ0v) is 25.7. The van der Waals surface area contributed by atoms with Crippen molar-refractivity contribution in [1.82, 2.24) is 0 Å². The molecule has 0 spiro atoms. The van der Waals surface area contributed by atoms with Gasteiger partial charge in [0.2, 0.25) is 0 Å². The maximum Gasteiger partial charge on any atom is 0.123 e. The lowest BCUT2D eigenvalue weighted by molar-refractivity contribution is 0.106. The molecule has 4 aliphatic rings. The van der Waals surface area contributed by atoms with E-state index in [1.165, 1.54) is 59.1 Å². The minimum Gasteiger partial charge on any atom is -0.372 e. The number of ether oxygens (including phenoxy) is 3. The monoisotopic (exact) mass is 530 g/mol. The van der Waals surface area contributed by atoms with E-state index >= 15 is 0 Å². The van der Waals surface area contributed by atoms with E-state index in [0.717, 1.165) is 24.7 Å². The van der Waals surface area contributed by atoms with Crippen LogP contribution in [0.3, 0.4) is 0 Å². The fraction of sp³-hybridized carbons (Fsp3) is 0.667. The predicted molar refractivity (Wildman–Crippen MR) is 158 cm³/mol. The van der Waals surface area contributed by atoms with Gasteiger partial charge in [-0.25, -0.2) is 0 Å². The van der Waals surface area contributed by atoms with Gasteiger partial charge < -0.3 is 14.2 Å². The molecule has 0 amide bonds. The Bertz CT molecular complexity index is 1150. The molecule has 2 aliphatic heterocycles. The van der Waals surface area contributed by atoms with Crippen LogP contribution in [0.15, 0.2) is 36.4 Å². The molecule has 2 aromatic carbocycles. The molecule has 4 fully saturated rings. The van der Waals surface area contributed by atoms with Gasteiger partial charge in [-0.05, 0) is 123 Å². The van der Waals surface area contributed by atoms with Crippen LogP contribution in [0.25, 0.3) is 0 Å². The van der Waals surface area contributed by atoms with Gasteiger partial charge in [0, 0.05) is 0 Å². The maximum absolute atomic E-state index is 6.51. The normalized spacial score (nSPS) is 37.1. The Hall–Kier alpha value is -1.68. The lowest BCUT2D eigenvalue weighted by Gasteiger charge is -2.32. The molecule has 0 radical (unpaired) electrons. The molecule has 39 heavy (non-hydrogen) atoms. The second-order valence-electron chi connectivity index (χ2n) is 14.6. The molecule has 2 aliphatic carbocycles. The molecule has 3 heteroatoms. The van der Waals surface area contributed by atoms with Gasteiger partial charge in [-0.3, -0.25) is 0 Å². The Morgan fingerprint density at radius 1 is 0.718 bits per heavy atom. The Morgan fingerprint density at radius 2 is 1.13 bits per heavy atom. The SMILES string of the molecule is Cc1cc(C23CC(C(C)C)CCC2(C)O3)ccc1COCc1ccc(C23CC(C(C)C)CCC2(C)O3)cc1C. The molecule has 2 saturated heterocycles. The number of epoxide rings is 2. The highest BCUT2D eigenvalue weighted by Gasteiger charge is 2.70. The summed E-state index contributed by atoms with van der Waals surface area (Å²) in [6.07, 6.45) is 7.20. The van der Waals surface area contributed by atoms with Crippen molar-refractivity contribution in [2.75, 3.05) is 0 Å². The third kappa shape index (κ3) is 4.43. The quantitative estimate of drug-likeness (QED) is 0.320. The Morgan fingerprint density at radius 3 is 1.49 bits per heavy atom. The number of fused-ring (bicyclic) bond motifs is 2. The minimum absolute atomic E-state index is 0.0162. The summed E-state index contributed by atoms with van der Waals surface area (Å²) in [5.41, 5.74) is 7.73. The minimum atomic E-state index is -0.0858.